The molecule has 0 radical (unpaired) electrons. The van der Waals surface area contributed by atoms with E-state index >= 15 is 0 Å². The Bertz CT molecular complexity index is 709. The summed E-state index contributed by atoms with van der Waals surface area (Å²) in [5.74, 6) is -0.0320. The zero-order valence-electron chi connectivity index (χ0n) is 11.1. The number of hydrogen-bond acceptors (Lipinski definition) is 4. The van der Waals surface area contributed by atoms with Crippen molar-refractivity contribution in [1.29, 1.82) is 0 Å². The Balaban J connectivity index is 2.50. The van der Waals surface area contributed by atoms with Crippen molar-refractivity contribution < 1.29 is 18.3 Å². The molecule has 0 aliphatic rings. The molecule has 3 N–H and O–H groups in total. The molecule has 1 heterocycles. The quantitative estimate of drug-likeness (QED) is 0.878. The first-order valence-corrected chi connectivity index (χ1v) is 6.50. The first kappa shape index (κ1) is 16.5. The van der Waals surface area contributed by atoms with Crippen LogP contribution in [0.15, 0.2) is 29.1 Å². The van der Waals surface area contributed by atoms with E-state index in [4.69, 9.17) is 17.3 Å². The molecule has 2 rings (SSSR count). The molecule has 1 atom stereocenters. The lowest BCUT2D eigenvalue weighted by Gasteiger charge is -2.15. The zero-order valence-corrected chi connectivity index (χ0v) is 11.8. The Kier molecular flexibility index (Phi) is 4.59. The maximum atomic E-state index is 12.5. The van der Waals surface area contributed by atoms with E-state index in [-0.39, 0.29) is 12.5 Å². The first-order valence-electron chi connectivity index (χ1n) is 6.12. The topological polar surface area (TPSA) is 86.1 Å². The van der Waals surface area contributed by atoms with Crippen LogP contribution < -0.4 is 11.4 Å². The fourth-order valence-electron chi connectivity index (χ4n) is 1.81. The molecular formula is C12H12ClF3N4O2. The van der Waals surface area contributed by atoms with Gasteiger partial charge in [-0.3, -0.25) is 4.57 Å². The van der Waals surface area contributed by atoms with Gasteiger partial charge in [0.05, 0.1) is 13.2 Å². The molecule has 10 heteroatoms. The largest absolute Gasteiger partial charge is 0.416 e. The molecule has 0 aliphatic carbocycles. The van der Waals surface area contributed by atoms with E-state index in [2.05, 4.69) is 5.10 Å². The third kappa shape index (κ3) is 3.32. The molecule has 6 nitrogen and oxygen atoms in total. The Morgan fingerprint density at radius 2 is 1.91 bits per heavy atom. The molecule has 0 bridgehead atoms. The van der Waals surface area contributed by atoms with Crippen LogP contribution in [0.2, 0.25) is 5.02 Å². The fraction of sp³-hybridized carbons (Fsp3) is 0.333. The SMILES string of the molecule is NCn1nc(-c2ccc(Cl)cc2)n(CC(O)C(F)(F)F)c1=O. The second kappa shape index (κ2) is 6.11. The van der Waals surface area contributed by atoms with Gasteiger partial charge >= 0.3 is 11.9 Å². The maximum Gasteiger partial charge on any atom is 0.416 e. The lowest BCUT2D eigenvalue weighted by molar-refractivity contribution is -0.207. The molecule has 1 aromatic heterocycles. The van der Waals surface area contributed by atoms with Gasteiger partial charge in [0, 0.05) is 10.6 Å². The first-order chi connectivity index (χ1) is 10.2. The van der Waals surface area contributed by atoms with Crippen molar-refractivity contribution >= 4 is 11.6 Å². The van der Waals surface area contributed by atoms with Gasteiger partial charge in [-0.25, -0.2) is 4.79 Å². The fourth-order valence-corrected chi connectivity index (χ4v) is 1.94. The molecule has 0 amide bonds. The molecule has 0 saturated heterocycles. The molecule has 120 valence electrons. The van der Waals surface area contributed by atoms with Gasteiger partial charge in [0.1, 0.15) is 0 Å². The van der Waals surface area contributed by atoms with E-state index in [9.17, 15) is 23.1 Å². The third-order valence-corrected chi connectivity index (χ3v) is 3.18. The van der Waals surface area contributed by atoms with Crippen molar-refractivity contribution in [2.75, 3.05) is 0 Å². The van der Waals surface area contributed by atoms with E-state index in [1.54, 1.807) is 0 Å². The van der Waals surface area contributed by atoms with Crippen molar-refractivity contribution in [2.24, 2.45) is 5.73 Å². The number of hydrogen-bond donors (Lipinski definition) is 2. The highest BCUT2D eigenvalue weighted by atomic mass is 35.5. The molecular weight excluding hydrogens is 325 g/mol. The normalized spacial score (nSPS) is 13.4. The van der Waals surface area contributed by atoms with Crippen molar-refractivity contribution in [1.82, 2.24) is 14.3 Å². The van der Waals surface area contributed by atoms with Crippen molar-refractivity contribution in [3.63, 3.8) is 0 Å². The number of nitrogens with zero attached hydrogens (tertiary/aromatic N) is 3. The van der Waals surface area contributed by atoms with Crippen molar-refractivity contribution in [3.8, 4) is 11.4 Å². The average Bonchev–Trinajstić information content (AvgIpc) is 2.76. The van der Waals surface area contributed by atoms with Crippen molar-refractivity contribution in [2.45, 2.75) is 25.5 Å². The number of aliphatic hydroxyl groups is 1. The van der Waals surface area contributed by atoms with Crippen LogP contribution in [-0.4, -0.2) is 31.7 Å². The monoisotopic (exact) mass is 336 g/mol. The van der Waals surface area contributed by atoms with E-state index in [0.717, 1.165) is 9.25 Å². The minimum absolute atomic E-state index is 0.0320. The number of aromatic nitrogens is 3. The summed E-state index contributed by atoms with van der Waals surface area (Å²) in [6.07, 6.45) is -7.53. The Labute approximate surface area is 127 Å². The zero-order chi connectivity index (χ0) is 16.5. The number of rotatable bonds is 4. The van der Waals surface area contributed by atoms with Crippen LogP contribution in [0, 0.1) is 0 Å². The van der Waals surface area contributed by atoms with Crippen LogP contribution in [-0.2, 0) is 13.2 Å². The molecule has 2 aromatic rings. The van der Waals surface area contributed by atoms with E-state index < -0.39 is 24.5 Å². The summed E-state index contributed by atoms with van der Waals surface area (Å²) in [4.78, 5) is 12.0. The van der Waals surface area contributed by atoms with Crippen LogP contribution >= 0.6 is 11.6 Å². The predicted molar refractivity (Wildman–Crippen MR) is 73.2 cm³/mol. The summed E-state index contributed by atoms with van der Waals surface area (Å²) in [7, 11) is 0. The van der Waals surface area contributed by atoms with Crippen LogP contribution in [0.3, 0.4) is 0 Å². The third-order valence-electron chi connectivity index (χ3n) is 2.93. The number of benzene rings is 1. The Hall–Kier alpha value is -1.84. The van der Waals surface area contributed by atoms with E-state index in [0.29, 0.717) is 10.6 Å². The predicted octanol–water partition coefficient (Wildman–Crippen LogP) is 1.20. The number of nitrogens with two attached hydrogens (primary N) is 1. The number of halogens is 4. The summed E-state index contributed by atoms with van der Waals surface area (Å²) < 4.78 is 39.1. The summed E-state index contributed by atoms with van der Waals surface area (Å²) in [5.41, 5.74) is 4.87. The van der Waals surface area contributed by atoms with Gasteiger partial charge in [0.2, 0.25) is 0 Å². The molecule has 22 heavy (non-hydrogen) atoms. The second-order valence-corrected chi connectivity index (χ2v) is 4.90. The standard InChI is InChI=1S/C12H12ClF3N4O2/c13-8-3-1-7(2-4-8)10-18-20(6-17)11(22)19(10)5-9(21)12(14,15)16/h1-4,9,21H,5-6,17H2. The van der Waals surface area contributed by atoms with Gasteiger partial charge in [-0.15, -0.1) is 5.10 Å². The molecule has 1 unspecified atom stereocenters. The van der Waals surface area contributed by atoms with Gasteiger partial charge < -0.3 is 10.8 Å². The van der Waals surface area contributed by atoms with Gasteiger partial charge in [-0.1, -0.05) is 11.6 Å². The van der Waals surface area contributed by atoms with Gasteiger partial charge in [-0.2, -0.15) is 17.9 Å². The average molecular weight is 337 g/mol. The van der Waals surface area contributed by atoms with Crippen molar-refractivity contribution in [3.05, 3.63) is 39.8 Å². The smallest absolute Gasteiger partial charge is 0.382 e. The lowest BCUT2D eigenvalue weighted by atomic mass is 10.2. The molecule has 0 spiro atoms. The number of alkyl halides is 3. The minimum Gasteiger partial charge on any atom is -0.382 e. The highest BCUT2D eigenvalue weighted by Gasteiger charge is 2.39. The second-order valence-electron chi connectivity index (χ2n) is 4.46. The van der Waals surface area contributed by atoms with Crippen LogP contribution in [0.25, 0.3) is 11.4 Å². The van der Waals surface area contributed by atoms with Gasteiger partial charge in [-0.05, 0) is 24.3 Å². The van der Waals surface area contributed by atoms with Gasteiger partial charge in [0.25, 0.3) is 0 Å². The van der Waals surface area contributed by atoms with Gasteiger partial charge in [0.15, 0.2) is 11.9 Å². The molecule has 0 fully saturated rings. The minimum atomic E-state index is -4.85. The maximum absolute atomic E-state index is 12.5. The number of aliphatic hydroxyl groups excluding tert-OH is 1. The lowest BCUT2D eigenvalue weighted by Crippen LogP contribution is -2.37. The van der Waals surface area contributed by atoms with E-state index in [1.165, 1.54) is 24.3 Å². The summed E-state index contributed by atoms with van der Waals surface area (Å²) in [6.45, 7) is -1.27. The van der Waals surface area contributed by atoms with E-state index in [1.807, 2.05) is 0 Å². The summed E-state index contributed by atoms with van der Waals surface area (Å²) in [6, 6.07) is 6.02. The molecule has 1 aromatic carbocycles. The van der Waals surface area contributed by atoms with Crippen LogP contribution in [0.4, 0.5) is 13.2 Å². The molecule has 0 aliphatic heterocycles. The Morgan fingerprint density at radius 1 is 1.32 bits per heavy atom. The highest BCUT2D eigenvalue weighted by molar-refractivity contribution is 6.30. The Morgan fingerprint density at radius 3 is 2.41 bits per heavy atom. The van der Waals surface area contributed by atoms with Crippen LogP contribution in [0.1, 0.15) is 0 Å². The van der Waals surface area contributed by atoms with Crippen LogP contribution in [0.5, 0.6) is 0 Å². The summed E-state index contributed by atoms with van der Waals surface area (Å²) in [5, 5.41) is 13.5. The summed E-state index contributed by atoms with van der Waals surface area (Å²) >= 11 is 5.74. The molecule has 0 saturated carbocycles. The highest BCUT2D eigenvalue weighted by Crippen LogP contribution is 2.23.